The fourth-order valence-corrected chi connectivity index (χ4v) is 2.60. The molecule has 2 unspecified atom stereocenters. The van der Waals surface area contributed by atoms with Crippen LogP contribution in [0.25, 0.3) is 0 Å². The van der Waals surface area contributed by atoms with Crippen LogP contribution < -0.4 is 5.73 Å². The van der Waals surface area contributed by atoms with Gasteiger partial charge >= 0.3 is 0 Å². The summed E-state index contributed by atoms with van der Waals surface area (Å²) in [5, 5.41) is 0. The molecular weight excluding hydrogens is 188 g/mol. The zero-order chi connectivity index (χ0) is 10.7. The van der Waals surface area contributed by atoms with E-state index in [4.69, 9.17) is 10.2 Å². The highest BCUT2D eigenvalue weighted by Gasteiger charge is 2.30. The minimum atomic E-state index is 0.413. The lowest BCUT2D eigenvalue weighted by atomic mass is 10.1. The molecule has 84 valence electrons. The zero-order valence-corrected chi connectivity index (χ0v) is 9.36. The molecule has 1 aromatic heterocycles. The Morgan fingerprint density at radius 1 is 1.67 bits per heavy atom. The van der Waals surface area contributed by atoms with Crippen molar-refractivity contribution in [2.75, 3.05) is 13.1 Å². The van der Waals surface area contributed by atoms with E-state index in [0.717, 1.165) is 25.3 Å². The average molecular weight is 208 g/mol. The quantitative estimate of drug-likeness (QED) is 0.824. The Hall–Kier alpha value is -0.800. The van der Waals surface area contributed by atoms with Crippen molar-refractivity contribution in [1.29, 1.82) is 0 Å². The molecular formula is C12H20N2O. The lowest BCUT2D eigenvalue weighted by Crippen LogP contribution is -2.37. The Labute approximate surface area is 91.2 Å². The van der Waals surface area contributed by atoms with Gasteiger partial charge in [0.25, 0.3) is 0 Å². The van der Waals surface area contributed by atoms with Gasteiger partial charge in [-0.15, -0.1) is 0 Å². The van der Waals surface area contributed by atoms with Gasteiger partial charge in [0.05, 0.1) is 12.3 Å². The highest BCUT2D eigenvalue weighted by atomic mass is 16.3. The van der Waals surface area contributed by atoms with Gasteiger partial charge in [0.15, 0.2) is 0 Å². The van der Waals surface area contributed by atoms with Crippen LogP contribution in [0, 0.1) is 0 Å². The van der Waals surface area contributed by atoms with Gasteiger partial charge < -0.3 is 10.2 Å². The van der Waals surface area contributed by atoms with Crippen LogP contribution in [0.1, 0.15) is 38.0 Å². The Morgan fingerprint density at radius 2 is 2.53 bits per heavy atom. The van der Waals surface area contributed by atoms with Crippen molar-refractivity contribution in [3.63, 3.8) is 0 Å². The fourth-order valence-electron chi connectivity index (χ4n) is 2.60. The molecule has 2 N–H and O–H groups in total. The van der Waals surface area contributed by atoms with Gasteiger partial charge in [-0.2, -0.15) is 0 Å². The molecule has 0 radical (unpaired) electrons. The van der Waals surface area contributed by atoms with Crippen LogP contribution in [0.2, 0.25) is 0 Å². The van der Waals surface area contributed by atoms with Crippen LogP contribution in [-0.2, 0) is 0 Å². The van der Waals surface area contributed by atoms with Crippen LogP contribution in [-0.4, -0.2) is 24.0 Å². The standard InChI is InChI=1S/C12H20N2O/c1-2-11(12-6-4-8-15-12)14-7-3-5-10(14)9-13/h4,6,8,10-11H,2-3,5,7,9,13H2,1H3. The largest absolute Gasteiger partial charge is 0.468 e. The third-order valence-electron chi connectivity index (χ3n) is 3.35. The summed E-state index contributed by atoms with van der Waals surface area (Å²) >= 11 is 0. The van der Waals surface area contributed by atoms with Crippen molar-refractivity contribution < 1.29 is 4.42 Å². The summed E-state index contributed by atoms with van der Waals surface area (Å²) in [6.07, 6.45) is 5.34. The molecule has 3 heteroatoms. The molecule has 2 heterocycles. The number of nitrogens with two attached hydrogens (primary N) is 1. The first-order valence-corrected chi connectivity index (χ1v) is 5.86. The molecule has 15 heavy (non-hydrogen) atoms. The van der Waals surface area contributed by atoms with E-state index in [9.17, 15) is 0 Å². The number of rotatable bonds is 4. The Balaban J connectivity index is 2.12. The van der Waals surface area contributed by atoms with Crippen LogP contribution in [0.15, 0.2) is 22.8 Å². The van der Waals surface area contributed by atoms with Gasteiger partial charge in [0.1, 0.15) is 5.76 Å². The molecule has 1 aliphatic heterocycles. The summed E-state index contributed by atoms with van der Waals surface area (Å²) in [6.45, 7) is 4.12. The predicted molar refractivity (Wildman–Crippen MR) is 60.5 cm³/mol. The minimum Gasteiger partial charge on any atom is -0.468 e. The summed E-state index contributed by atoms with van der Waals surface area (Å²) in [5.41, 5.74) is 5.80. The van der Waals surface area contributed by atoms with Crippen molar-refractivity contribution in [3.8, 4) is 0 Å². The summed E-state index contributed by atoms with van der Waals surface area (Å²) < 4.78 is 5.51. The molecule has 1 aromatic rings. The lowest BCUT2D eigenvalue weighted by molar-refractivity contribution is 0.158. The number of likely N-dealkylation sites (tertiary alicyclic amines) is 1. The minimum absolute atomic E-state index is 0.413. The van der Waals surface area contributed by atoms with Gasteiger partial charge in [-0.25, -0.2) is 0 Å². The Morgan fingerprint density at radius 3 is 3.13 bits per heavy atom. The number of hydrogen-bond acceptors (Lipinski definition) is 3. The molecule has 2 rings (SSSR count). The predicted octanol–water partition coefficient (Wildman–Crippen LogP) is 2.15. The van der Waals surface area contributed by atoms with Crippen LogP contribution in [0.3, 0.4) is 0 Å². The number of hydrogen-bond donors (Lipinski definition) is 1. The lowest BCUT2D eigenvalue weighted by Gasteiger charge is -2.30. The zero-order valence-electron chi connectivity index (χ0n) is 9.36. The fraction of sp³-hybridized carbons (Fsp3) is 0.667. The average Bonchev–Trinajstić information content (AvgIpc) is 2.89. The van der Waals surface area contributed by atoms with Crippen molar-refractivity contribution in [2.45, 2.75) is 38.3 Å². The second kappa shape index (κ2) is 4.81. The molecule has 0 bridgehead atoms. The van der Waals surface area contributed by atoms with Crippen molar-refractivity contribution in [3.05, 3.63) is 24.2 Å². The molecule has 0 amide bonds. The Bertz CT molecular complexity index is 284. The molecule has 0 aliphatic carbocycles. The van der Waals surface area contributed by atoms with Crippen LogP contribution >= 0.6 is 0 Å². The van der Waals surface area contributed by atoms with E-state index in [1.165, 1.54) is 12.8 Å². The van der Waals surface area contributed by atoms with Gasteiger partial charge in [0.2, 0.25) is 0 Å². The molecule has 0 aromatic carbocycles. The van der Waals surface area contributed by atoms with Gasteiger partial charge in [-0.3, -0.25) is 4.90 Å². The maximum atomic E-state index is 5.80. The van der Waals surface area contributed by atoms with Gasteiger partial charge in [-0.05, 0) is 37.9 Å². The van der Waals surface area contributed by atoms with Crippen molar-refractivity contribution in [2.24, 2.45) is 5.73 Å². The first kappa shape index (κ1) is 10.7. The summed E-state index contributed by atoms with van der Waals surface area (Å²) in [6, 6.07) is 4.99. The van der Waals surface area contributed by atoms with E-state index in [0.29, 0.717) is 12.1 Å². The van der Waals surface area contributed by atoms with Gasteiger partial charge in [-0.1, -0.05) is 6.92 Å². The first-order valence-electron chi connectivity index (χ1n) is 5.86. The molecule has 0 spiro atoms. The van der Waals surface area contributed by atoms with E-state index >= 15 is 0 Å². The number of nitrogens with zero attached hydrogens (tertiary/aromatic N) is 1. The maximum absolute atomic E-state index is 5.80. The Kier molecular flexibility index (Phi) is 3.44. The van der Waals surface area contributed by atoms with Crippen LogP contribution in [0.4, 0.5) is 0 Å². The molecule has 1 fully saturated rings. The van der Waals surface area contributed by atoms with E-state index < -0.39 is 0 Å². The highest BCUT2D eigenvalue weighted by Crippen LogP contribution is 2.31. The maximum Gasteiger partial charge on any atom is 0.120 e. The third-order valence-corrected chi connectivity index (χ3v) is 3.35. The van der Waals surface area contributed by atoms with E-state index in [1.54, 1.807) is 6.26 Å². The van der Waals surface area contributed by atoms with E-state index in [-0.39, 0.29) is 0 Å². The second-order valence-electron chi connectivity index (χ2n) is 4.21. The van der Waals surface area contributed by atoms with Crippen molar-refractivity contribution in [1.82, 2.24) is 4.90 Å². The molecule has 1 aliphatic rings. The summed E-state index contributed by atoms with van der Waals surface area (Å²) in [4.78, 5) is 2.50. The number of furan rings is 1. The van der Waals surface area contributed by atoms with Crippen LogP contribution in [0.5, 0.6) is 0 Å². The van der Waals surface area contributed by atoms with Crippen molar-refractivity contribution >= 4 is 0 Å². The normalized spacial score (nSPS) is 24.5. The SMILES string of the molecule is CCC(c1ccco1)N1CCCC1CN. The second-order valence-corrected chi connectivity index (χ2v) is 4.21. The molecule has 2 atom stereocenters. The van der Waals surface area contributed by atoms with E-state index in [1.807, 2.05) is 6.07 Å². The smallest absolute Gasteiger partial charge is 0.120 e. The molecule has 3 nitrogen and oxygen atoms in total. The molecule has 1 saturated heterocycles. The first-order chi connectivity index (χ1) is 7.36. The third kappa shape index (κ3) is 2.08. The van der Waals surface area contributed by atoms with E-state index in [2.05, 4.69) is 17.9 Å². The van der Waals surface area contributed by atoms with Gasteiger partial charge in [0, 0.05) is 12.6 Å². The summed E-state index contributed by atoms with van der Waals surface area (Å²) in [7, 11) is 0. The monoisotopic (exact) mass is 208 g/mol. The highest BCUT2D eigenvalue weighted by molar-refractivity contribution is 5.06. The molecule has 0 saturated carbocycles. The topological polar surface area (TPSA) is 42.4 Å². The summed E-state index contributed by atoms with van der Waals surface area (Å²) in [5.74, 6) is 1.08.